The molecule has 5 heterocycles. The van der Waals surface area contributed by atoms with Crippen molar-refractivity contribution in [2.45, 2.75) is 69.0 Å². The third-order valence-electron chi connectivity index (χ3n) is 9.36. The van der Waals surface area contributed by atoms with Crippen molar-refractivity contribution in [3.8, 4) is 0 Å². The minimum atomic E-state index is -0.355. The normalized spacial score (nSPS) is 24.5. The van der Waals surface area contributed by atoms with Crippen molar-refractivity contribution in [2.24, 2.45) is 0 Å². The fourth-order valence-corrected chi connectivity index (χ4v) is 6.89. The Morgan fingerprint density at radius 1 is 1.00 bits per heavy atom. The smallest absolute Gasteiger partial charge is 0.255 e. The zero-order valence-corrected chi connectivity index (χ0v) is 22.3. The van der Waals surface area contributed by atoms with Gasteiger partial charge in [0, 0.05) is 56.7 Å². The molecule has 1 spiro atoms. The number of anilines is 3. The van der Waals surface area contributed by atoms with Crippen molar-refractivity contribution < 1.29 is 9.59 Å². The van der Waals surface area contributed by atoms with Gasteiger partial charge in [0.1, 0.15) is 17.7 Å². The summed E-state index contributed by atoms with van der Waals surface area (Å²) in [5.74, 6) is 1.86. The lowest BCUT2D eigenvalue weighted by molar-refractivity contribution is -0.123. The van der Waals surface area contributed by atoms with E-state index in [-0.39, 0.29) is 23.4 Å². The van der Waals surface area contributed by atoms with Crippen LogP contribution in [0.1, 0.15) is 67.3 Å². The molecule has 2 aromatic heterocycles. The molecule has 4 fully saturated rings. The van der Waals surface area contributed by atoms with E-state index in [2.05, 4.69) is 30.4 Å². The molecular weight excluding hydrogens is 492 g/mol. The zero-order valence-electron chi connectivity index (χ0n) is 22.3. The van der Waals surface area contributed by atoms with E-state index in [1.165, 1.54) is 25.7 Å². The van der Waals surface area contributed by atoms with E-state index in [1.54, 1.807) is 12.3 Å². The van der Waals surface area contributed by atoms with Crippen LogP contribution in [-0.2, 0) is 4.79 Å². The highest BCUT2D eigenvalue weighted by Gasteiger charge is 2.49. The second-order valence-electron chi connectivity index (χ2n) is 11.6. The fraction of sp³-hybridized carbons (Fsp3) is 0.552. The maximum absolute atomic E-state index is 13.1. The molecule has 1 atom stereocenters. The lowest BCUT2D eigenvalue weighted by Gasteiger charge is -2.54. The van der Waals surface area contributed by atoms with E-state index >= 15 is 0 Å². The van der Waals surface area contributed by atoms with Gasteiger partial charge >= 0.3 is 0 Å². The molecule has 0 aromatic carbocycles. The van der Waals surface area contributed by atoms with Gasteiger partial charge in [-0.15, -0.1) is 0 Å². The number of aromatic nitrogens is 3. The molecule has 3 aliphatic heterocycles. The number of hydrogen-bond donors (Lipinski definition) is 2. The van der Waals surface area contributed by atoms with Crippen molar-refractivity contribution in [1.82, 2.24) is 30.1 Å². The summed E-state index contributed by atoms with van der Waals surface area (Å²) in [5.41, 5.74) is 1.39. The lowest BCUT2D eigenvalue weighted by atomic mass is 9.77. The lowest BCUT2D eigenvalue weighted by Crippen LogP contribution is -2.69. The Hall–Kier alpha value is -3.53. The third-order valence-corrected chi connectivity index (χ3v) is 9.36. The number of nitrogens with zero attached hydrogens (tertiary/aromatic N) is 6. The molecule has 7 rings (SSSR count). The molecule has 2 saturated heterocycles. The van der Waals surface area contributed by atoms with E-state index < -0.39 is 0 Å². The molecule has 1 unspecified atom stereocenters. The van der Waals surface area contributed by atoms with Gasteiger partial charge in [-0.2, -0.15) is 4.98 Å². The first-order valence-corrected chi connectivity index (χ1v) is 14.5. The molecule has 39 heavy (non-hydrogen) atoms. The minimum absolute atomic E-state index is 0.0209. The summed E-state index contributed by atoms with van der Waals surface area (Å²) in [6, 6.07) is 3.99. The Balaban J connectivity index is 1.06. The van der Waals surface area contributed by atoms with E-state index in [0.29, 0.717) is 23.9 Å². The van der Waals surface area contributed by atoms with Gasteiger partial charge in [-0.3, -0.25) is 14.5 Å². The molecule has 204 valence electrons. The number of fused-ring (bicyclic) bond motifs is 4. The van der Waals surface area contributed by atoms with Gasteiger partial charge in [0.15, 0.2) is 0 Å². The summed E-state index contributed by atoms with van der Waals surface area (Å²) in [4.78, 5) is 46.5. The van der Waals surface area contributed by atoms with Crippen molar-refractivity contribution in [3.05, 3.63) is 41.7 Å². The summed E-state index contributed by atoms with van der Waals surface area (Å²) in [7, 11) is 0. The van der Waals surface area contributed by atoms with Gasteiger partial charge < -0.3 is 20.4 Å². The van der Waals surface area contributed by atoms with Gasteiger partial charge in [-0.25, -0.2) is 9.97 Å². The van der Waals surface area contributed by atoms with Gasteiger partial charge in [0.2, 0.25) is 11.9 Å². The van der Waals surface area contributed by atoms with Crippen LogP contribution in [0.2, 0.25) is 0 Å². The van der Waals surface area contributed by atoms with Crippen LogP contribution in [0, 0.1) is 0 Å². The average molecular weight is 529 g/mol. The Kier molecular flexibility index (Phi) is 6.22. The standard InChI is InChI=1S/C29H36N8O2/c38-26-23-9-7-20-17-31-28(34-25(20)37(23)29(19-32-26)11-2-1-3-12-29)33-24-10-8-21(18-30-24)27(39)36-15-13-35(14-16-36)22-5-4-6-22/h7-10,17-18,22-23H,1-6,11-16,19H2,(H,32,38)(H,30,31,33,34). The molecule has 5 aliphatic rings. The van der Waals surface area contributed by atoms with Crippen LogP contribution in [0.25, 0.3) is 6.08 Å². The molecule has 2 aromatic rings. The van der Waals surface area contributed by atoms with Crippen LogP contribution in [0.15, 0.2) is 30.6 Å². The summed E-state index contributed by atoms with van der Waals surface area (Å²) >= 11 is 0. The quantitative estimate of drug-likeness (QED) is 0.624. The van der Waals surface area contributed by atoms with Gasteiger partial charge in [-0.05, 0) is 37.8 Å². The average Bonchev–Trinajstić information content (AvgIpc) is 2.95. The molecule has 2 N–H and O–H groups in total. The number of pyridine rings is 1. The van der Waals surface area contributed by atoms with E-state index in [0.717, 1.165) is 69.3 Å². The number of carbonyl (C=O) groups excluding carboxylic acids is 2. The van der Waals surface area contributed by atoms with Crippen molar-refractivity contribution in [1.29, 1.82) is 0 Å². The number of rotatable bonds is 4. The monoisotopic (exact) mass is 528 g/mol. The van der Waals surface area contributed by atoms with E-state index in [9.17, 15) is 9.59 Å². The summed E-state index contributed by atoms with van der Waals surface area (Å²) in [6.07, 6.45) is 16.9. The predicted molar refractivity (Wildman–Crippen MR) is 149 cm³/mol. The molecule has 0 bridgehead atoms. The van der Waals surface area contributed by atoms with E-state index in [1.807, 2.05) is 29.3 Å². The largest absolute Gasteiger partial charge is 0.352 e. The van der Waals surface area contributed by atoms with Crippen LogP contribution in [0.4, 0.5) is 17.6 Å². The third kappa shape index (κ3) is 4.44. The van der Waals surface area contributed by atoms with Crippen molar-refractivity contribution >= 4 is 35.5 Å². The first-order chi connectivity index (χ1) is 19.1. The molecular formula is C29H36N8O2. The first kappa shape index (κ1) is 24.5. The highest BCUT2D eigenvalue weighted by molar-refractivity contribution is 5.94. The second-order valence-corrected chi connectivity index (χ2v) is 11.6. The van der Waals surface area contributed by atoms with Crippen LogP contribution >= 0.6 is 0 Å². The summed E-state index contributed by atoms with van der Waals surface area (Å²) in [5, 5.41) is 6.36. The molecule has 0 radical (unpaired) electrons. The Bertz CT molecular complexity index is 1280. The van der Waals surface area contributed by atoms with Crippen molar-refractivity contribution in [3.63, 3.8) is 0 Å². The van der Waals surface area contributed by atoms with Gasteiger partial charge in [0.25, 0.3) is 5.91 Å². The fourth-order valence-electron chi connectivity index (χ4n) is 6.89. The van der Waals surface area contributed by atoms with Crippen molar-refractivity contribution in [2.75, 3.05) is 42.9 Å². The predicted octanol–water partition coefficient (Wildman–Crippen LogP) is 2.96. The SMILES string of the molecule is O=C1NCC2(CCCCC2)N2c3nc(Nc4ccc(C(=O)N5CCN(C6CCC6)CC5)cn4)ncc3C=CC12. The number of carbonyl (C=O) groups is 2. The van der Waals surface area contributed by atoms with Crippen LogP contribution in [0.3, 0.4) is 0 Å². The maximum Gasteiger partial charge on any atom is 0.255 e. The molecule has 2 aliphatic carbocycles. The topological polar surface area (TPSA) is 107 Å². The summed E-state index contributed by atoms with van der Waals surface area (Å²) < 4.78 is 0. The summed E-state index contributed by atoms with van der Waals surface area (Å²) in [6.45, 7) is 4.09. The molecule has 10 nitrogen and oxygen atoms in total. The maximum atomic E-state index is 13.1. The molecule has 2 saturated carbocycles. The highest BCUT2D eigenvalue weighted by atomic mass is 16.2. The van der Waals surface area contributed by atoms with E-state index in [4.69, 9.17) is 4.98 Å². The molecule has 10 heteroatoms. The zero-order chi connectivity index (χ0) is 26.4. The van der Waals surface area contributed by atoms with Crippen LogP contribution < -0.4 is 15.5 Å². The first-order valence-electron chi connectivity index (χ1n) is 14.5. The van der Waals surface area contributed by atoms with Gasteiger partial charge in [-0.1, -0.05) is 37.8 Å². The Morgan fingerprint density at radius 2 is 1.82 bits per heavy atom. The Labute approximate surface area is 228 Å². The Morgan fingerprint density at radius 3 is 2.54 bits per heavy atom. The van der Waals surface area contributed by atoms with Gasteiger partial charge in [0.05, 0.1) is 11.1 Å². The number of amides is 2. The highest BCUT2D eigenvalue weighted by Crippen LogP contribution is 2.43. The molecule has 2 amide bonds. The number of hydrogen-bond acceptors (Lipinski definition) is 8. The van der Waals surface area contributed by atoms with Crippen LogP contribution in [-0.4, -0.2) is 86.9 Å². The number of nitrogens with one attached hydrogen (secondary N) is 2. The minimum Gasteiger partial charge on any atom is -0.352 e. The second kappa shape index (κ2) is 9.89. The van der Waals surface area contributed by atoms with Crippen LogP contribution in [0.5, 0.6) is 0 Å². The number of piperazine rings is 2.